The number of methoxy groups -OCH3 is 1. The molecule has 2 aromatic heterocycles. The molecule has 8 heteroatoms. The molecule has 0 atom stereocenters. The minimum absolute atomic E-state index is 0.0216. The number of fused-ring (bicyclic) bond motifs is 1. The molecule has 1 aliphatic heterocycles. The summed E-state index contributed by atoms with van der Waals surface area (Å²) < 4.78 is 22.7. The fourth-order valence-electron chi connectivity index (χ4n) is 3.62. The standard InChI is InChI=1S/C21H24FN4O2S/c1-13-7-15(5-6-17(13)22)18-8-16(12-28-4)26(23-18)11-21(27)25-9-19-20(10-25)29-14(2)24(19)3/h5-8H,9-12H2,1-4H3/q+1. The van der Waals surface area contributed by atoms with Crippen molar-refractivity contribution in [2.75, 3.05) is 7.11 Å². The second kappa shape index (κ2) is 7.68. The van der Waals surface area contributed by atoms with Crippen LogP contribution in [0.15, 0.2) is 24.3 Å². The van der Waals surface area contributed by atoms with Crippen LogP contribution in [0.5, 0.6) is 0 Å². The van der Waals surface area contributed by atoms with Gasteiger partial charge in [-0.15, -0.1) is 0 Å². The van der Waals surface area contributed by atoms with Crippen LogP contribution in [0.2, 0.25) is 0 Å². The molecule has 1 aliphatic rings. The molecular formula is C21H24FN4O2S+. The van der Waals surface area contributed by atoms with Crippen LogP contribution >= 0.6 is 11.3 Å². The van der Waals surface area contributed by atoms with Gasteiger partial charge in [-0.1, -0.05) is 11.3 Å². The maximum absolute atomic E-state index is 13.6. The van der Waals surface area contributed by atoms with Gasteiger partial charge in [0, 0.05) is 19.6 Å². The summed E-state index contributed by atoms with van der Waals surface area (Å²) in [6, 6.07) is 6.80. The van der Waals surface area contributed by atoms with Gasteiger partial charge in [0.15, 0.2) is 0 Å². The Balaban J connectivity index is 1.55. The SMILES string of the molecule is COCc1cc(-c2ccc(F)c(C)c2)nn1CC(=O)N1Cc2sc(C)[n+](C)c2C1. The summed E-state index contributed by atoms with van der Waals surface area (Å²) >= 11 is 1.74. The van der Waals surface area contributed by atoms with Crippen LogP contribution in [0.4, 0.5) is 4.39 Å². The van der Waals surface area contributed by atoms with Gasteiger partial charge in [-0.2, -0.15) is 9.67 Å². The highest BCUT2D eigenvalue weighted by atomic mass is 32.1. The molecule has 0 bridgehead atoms. The highest BCUT2D eigenvalue weighted by Crippen LogP contribution is 2.27. The zero-order valence-corrected chi connectivity index (χ0v) is 17.8. The Labute approximate surface area is 173 Å². The van der Waals surface area contributed by atoms with Gasteiger partial charge >= 0.3 is 0 Å². The van der Waals surface area contributed by atoms with E-state index in [2.05, 4.69) is 16.6 Å². The third kappa shape index (κ3) is 3.70. The van der Waals surface area contributed by atoms with Crippen molar-refractivity contribution in [1.82, 2.24) is 14.7 Å². The molecule has 0 unspecified atom stereocenters. The molecule has 1 aromatic carbocycles. The lowest BCUT2D eigenvalue weighted by atomic mass is 10.1. The van der Waals surface area contributed by atoms with Crippen molar-refractivity contribution in [3.8, 4) is 11.3 Å². The predicted molar refractivity (Wildman–Crippen MR) is 108 cm³/mol. The largest absolute Gasteiger partial charge is 0.378 e. The molecule has 4 rings (SSSR count). The van der Waals surface area contributed by atoms with E-state index in [-0.39, 0.29) is 18.3 Å². The molecule has 0 fully saturated rings. The van der Waals surface area contributed by atoms with Crippen LogP contribution in [-0.4, -0.2) is 27.7 Å². The highest BCUT2D eigenvalue weighted by Gasteiger charge is 2.33. The number of nitrogens with zero attached hydrogens (tertiary/aromatic N) is 4. The molecule has 0 radical (unpaired) electrons. The maximum Gasteiger partial charge on any atom is 0.245 e. The Hall–Kier alpha value is -2.58. The van der Waals surface area contributed by atoms with E-state index in [9.17, 15) is 9.18 Å². The van der Waals surface area contributed by atoms with E-state index in [1.165, 1.54) is 21.6 Å². The van der Waals surface area contributed by atoms with Gasteiger partial charge < -0.3 is 9.64 Å². The number of benzene rings is 1. The summed E-state index contributed by atoms with van der Waals surface area (Å²) in [7, 11) is 3.65. The first-order valence-corrected chi connectivity index (χ1v) is 10.3. The maximum atomic E-state index is 13.6. The number of carbonyl (C=O) groups is 1. The summed E-state index contributed by atoms with van der Waals surface area (Å²) in [5.74, 6) is -0.223. The van der Waals surface area contributed by atoms with Crippen LogP contribution in [0.3, 0.4) is 0 Å². The van der Waals surface area contributed by atoms with Crippen molar-refractivity contribution in [3.63, 3.8) is 0 Å². The smallest absolute Gasteiger partial charge is 0.245 e. The Morgan fingerprint density at radius 2 is 2.10 bits per heavy atom. The minimum atomic E-state index is -0.245. The van der Waals surface area contributed by atoms with E-state index in [1.807, 2.05) is 18.0 Å². The van der Waals surface area contributed by atoms with E-state index >= 15 is 0 Å². The number of thiazole rings is 1. The average Bonchev–Trinajstić information content (AvgIpc) is 3.34. The van der Waals surface area contributed by atoms with Crippen LogP contribution in [0, 0.1) is 19.7 Å². The molecule has 0 spiro atoms. The molecule has 0 saturated carbocycles. The van der Waals surface area contributed by atoms with Crippen LogP contribution in [-0.2, 0) is 42.8 Å². The lowest BCUT2D eigenvalue weighted by molar-refractivity contribution is -0.680. The normalized spacial score (nSPS) is 13.2. The zero-order chi connectivity index (χ0) is 20.7. The van der Waals surface area contributed by atoms with Crippen LogP contribution < -0.4 is 4.57 Å². The topological polar surface area (TPSA) is 51.2 Å². The van der Waals surface area contributed by atoms with Crippen molar-refractivity contribution in [3.05, 3.63) is 56.9 Å². The van der Waals surface area contributed by atoms with Crippen molar-refractivity contribution >= 4 is 17.2 Å². The number of carbonyl (C=O) groups excluding carboxylic acids is 1. The molecule has 0 saturated heterocycles. The Kier molecular flexibility index (Phi) is 5.23. The lowest BCUT2D eigenvalue weighted by Gasteiger charge is -2.15. The van der Waals surface area contributed by atoms with Crippen LogP contribution in [0.25, 0.3) is 11.3 Å². The number of amides is 1. The van der Waals surface area contributed by atoms with E-state index in [0.717, 1.165) is 11.3 Å². The second-order valence-corrected chi connectivity index (χ2v) is 8.66. The second-order valence-electron chi connectivity index (χ2n) is 7.38. The number of hydrogen-bond acceptors (Lipinski definition) is 4. The van der Waals surface area contributed by atoms with E-state index in [1.54, 1.807) is 42.2 Å². The number of halogens is 1. The molecule has 3 heterocycles. The number of ether oxygens (including phenoxy) is 1. The Morgan fingerprint density at radius 3 is 2.79 bits per heavy atom. The predicted octanol–water partition coefficient (Wildman–Crippen LogP) is 2.88. The van der Waals surface area contributed by atoms with Crippen molar-refractivity contribution in [2.45, 2.75) is 40.1 Å². The number of hydrogen-bond donors (Lipinski definition) is 0. The molecule has 6 nitrogen and oxygen atoms in total. The third-order valence-corrected chi connectivity index (χ3v) is 6.57. The van der Waals surface area contributed by atoms with Crippen molar-refractivity contribution < 1.29 is 18.5 Å². The van der Waals surface area contributed by atoms with Crippen molar-refractivity contribution in [2.24, 2.45) is 7.05 Å². The summed E-state index contributed by atoms with van der Waals surface area (Å²) in [5.41, 5.74) is 4.11. The quantitative estimate of drug-likeness (QED) is 0.602. The Morgan fingerprint density at radius 1 is 1.31 bits per heavy atom. The third-order valence-electron chi connectivity index (χ3n) is 5.39. The Bertz CT molecular complexity index is 1090. The minimum Gasteiger partial charge on any atom is -0.378 e. The summed E-state index contributed by atoms with van der Waals surface area (Å²) in [6.45, 7) is 5.58. The first-order valence-electron chi connectivity index (χ1n) is 9.44. The molecule has 3 aromatic rings. The molecule has 0 aliphatic carbocycles. The number of rotatable bonds is 5. The summed E-state index contributed by atoms with van der Waals surface area (Å²) in [4.78, 5) is 16.1. The molecular weight excluding hydrogens is 391 g/mol. The van der Waals surface area contributed by atoms with Gasteiger partial charge in [-0.3, -0.25) is 9.48 Å². The van der Waals surface area contributed by atoms with E-state index < -0.39 is 0 Å². The zero-order valence-electron chi connectivity index (χ0n) is 17.0. The molecule has 29 heavy (non-hydrogen) atoms. The van der Waals surface area contributed by atoms with Crippen molar-refractivity contribution in [1.29, 1.82) is 0 Å². The van der Waals surface area contributed by atoms with Gasteiger partial charge in [0.05, 0.1) is 29.4 Å². The molecule has 152 valence electrons. The van der Waals surface area contributed by atoms with Gasteiger partial charge in [0.1, 0.15) is 26.0 Å². The highest BCUT2D eigenvalue weighted by molar-refractivity contribution is 7.11. The van der Waals surface area contributed by atoms with Gasteiger partial charge in [0.25, 0.3) is 0 Å². The fraction of sp³-hybridized carbons (Fsp3) is 0.381. The van der Waals surface area contributed by atoms with E-state index in [4.69, 9.17) is 4.74 Å². The first-order chi connectivity index (χ1) is 13.9. The lowest BCUT2D eigenvalue weighted by Crippen LogP contribution is -2.36. The number of aryl methyl sites for hydroxylation is 2. The first kappa shape index (κ1) is 19.7. The van der Waals surface area contributed by atoms with Gasteiger partial charge in [0.2, 0.25) is 16.6 Å². The average molecular weight is 416 g/mol. The fourth-order valence-corrected chi connectivity index (χ4v) is 4.76. The number of aromatic nitrogens is 3. The monoisotopic (exact) mass is 415 g/mol. The van der Waals surface area contributed by atoms with Gasteiger partial charge in [-0.25, -0.2) is 4.39 Å². The molecule has 1 amide bonds. The van der Waals surface area contributed by atoms with Crippen LogP contribution in [0.1, 0.15) is 26.8 Å². The summed E-state index contributed by atoms with van der Waals surface area (Å²) in [6.07, 6.45) is 0. The molecule has 0 N–H and O–H groups in total. The van der Waals surface area contributed by atoms with Gasteiger partial charge in [-0.05, 0) is 36.8 Å². The van der Waals surface area contributed by atoms with E-state index in [0.29, 0.717) is 31.0 Å². The summed E-state index contributed by atoms with van der Waals surface area (Å²) in [5, 5.41) is 5.86.